The number of piperidine rings is 1. The summed E-state index contributed by atoms with van der Waals surface area (Å²) in [5.41, 5.74) is 7.31. The standard InChI is InChI=1S/C17H24FN3O/c1-2-14-5-3-4-10-21(14)17(22)16-11-15(19-20-16)12-6-8-13(18)9-7-12/h6-9,14-16,19-20H,2-5,10-11H2,1H3. The lowest BCUT2D eigenvalue weighted by Gasteiger charge is -2.36. The highest BCUT2D eigenvalue weighted by Gasteiger charge is 2.35. The SMILES string of the molecule is CCC1CCCCN1C(=O)C1CC(c2ccc(F)cc2)NN1. The Hall–Kier alpha value is -1.46. The Bertz CT molecular complexity index is 519. The third-order valence-electron chi connectivity index (χ3n) is 4.86. The van der Waals surface area contributed by atoms with Gasteiger partial charge in [-0.1, -0.05) is 19.1 Å². The molecular formula is C17H24FN3O. The number of hydrazine groups is 1. The number of hydrogen-bond acceptors (Lipinski definition) is 3. The number of nitrogens with one attached hydrogen (secondary N) is 2. The summed E-state index contributed by atoms with van der Waals surface area (Å²) in [6.07, 6.45) is 5.16. The van der Waals surface area contributed by atoms with Crippen molar-refractivity contribution in [1.82, 2.24) is 15.8 Å². The molecule has 0 bridgehead atoms. The first kappa shape index (κ1) is 15.4. The number of carbonyl (C=O) groups is 1. The van der Waals surface area contributed by atoms with Gasteiger partial charge in [0.25, 0.3) is 0 Å². The zero-order valence-corrected chi connectivity index (χ0v) is 13.0. The van der Waals surface area contributed by atoms with Gasteiger partial charge in [-0.25, -0.2) is 15.2 Å². The third kappa shape index (κ3) is 3.15. The summed E-state index contributed by atoms with van der Waals surface area (Å²) in [6.45, 7) is 3.02. The molecule has 0 aromatic heterocycles. The highest BCUT2D eigenvalue weighted by Crippen LogP contribution is 2.26. The number of amides is 1. The van der Waals surface area contributed by atoms with Crippen LogP contribution in [-0.4, -0.2) is 29.4 Å². The predicted molar refractivity (Wildman–Crippen MR) is 83.5 cm³/mol. The predicted octanol–water partition coefficient (Wildman–Crippen LogP) is 2.52. The van der Waals surface area contributed by atoms with Gasteiger partial charge in [-0.05, 0) is 49.8 Å². The van der Waals surface area contributed by atoms with Gasteiger partial charge in [-0.15, -0.1) is 0 Å². The van der Waals surface area contributed by atoms with E-state index in [9.17, 15) is 9.18 Å². The van der Waals surface area contributed by atoms with Crippen molar-refractivity contribution in [3.8, 4) is 0 Å². The molecule has 5 heteroatoms. The molecule has 4 nitrogen and oxygen atoms in total. The number of benzene rings is 1. The average molecular weight is 305 g/mol. The van der Waals surface area contributed by atoms with E-state index in [0.29, 0.717) is 12.5 Å². The van der Waals surface area contributed by atoms with Crippen molar-refractivity contribution < 1.29 is 9.18 Å². The van der Waals surface area contributed by atoms with E-state index < -0.39 is 0 Å². The van der Waals surface area contributed by atoms with E-state index in [2.05, 4.69) is 22.7 Å². The molecule has 3 unspecified atom stereocenters. The molecule has 0 spiro atoms. The third-order valence-corrected chi connectivity index (χ3v) is 4.86. The van der Waals surface area contributed by atoms with Gasteiger partial charge >= 0.3 is 0 Å². The van der Waals surface area contributed by atoms with E-state index in [-0.39, 0.29) is 23.8 Å². The molecule has 1 aromatic rings. The maximum absolute atomic E-state index is 13.0. The minimum atomic E-state index is -0.235. The Morgan fingerprint density at radius 2 is 2.05 bits per heavy atom. The minimum Gasteiger partial charge on any atom is -0.338 e. The van der Waals surface area contributed by atoms with Gasteiger partial charge in [-0.2, -0.15) is 0 Å². The van der Waals surface area contributed by atoms with Crippen molar-refractivity contribution >= 4 is 5.91 Å². The zero-order chi connectivity index (χ0) is 15.5. The second kappa shape index (κ2) is 6.75. The fourth-order valence-corrected chi connectivity index (χ4v) is 3.55. The van der Waals surface area contributed by atoms with E-state index in [1.54, 1.807) is 12.1 Å². The highest BCUT2D eigenvalue weighted by atomic mass is 19.1. The summed E-state index contributed by atoms with van der Waals surface area (Å²) in [7, 11) is 0. The van der Waals surface area contributed by atoms with Crippen LogP contribution in [0.1, 0.15) is 50.6 Å². The minimum absolute atomic E-state index is 0.0550. The second-order valence-corrected chi connectivity index (χ2v) is 6.27. The molecular weight excluding hydrogens is 281 g/mol. The van der Waals surface area contributed by atoms with Crippen molar-refractivity contribution in [2.24, 2.45) is 0 Å². The summed E-state index contributed by atoms with van der Waals surface area (Å²) in [5, 5.41) is 0. The smallest absolute Gasteiger partial charge is 0.241 e. The molecule has 1 aromatic carbocycles. The average Bonchev–Trinajstić information content (AvgIpc) is 3.05. The van der Waals surface area contributed by atoms with Gasteiger partial charge < -0.3 is 4.90 Å². The highest BCUT2D eigenvalue weighted by molar-refractivity contribution is 5.82. The van der Waals surface area contributed by atoms with Crippen LogP contribution in [0, 0.1) is 5.82 Å². The number of hydrogen-bond donors (Lipinski definition) is 2. The summed E-state index contributed by atoms with van der Waals surface area (Å²) in [6, 6.07) is 6.72. The van der Waals surface area contributed by atoms with E-state index >= 15 is 0 Å². The first-order chi connectivity index (χ1) is 10.7. The number of halogens is 1. The Labute approximate surface area is 131 Å². The van der Waals surface area contributed by atoms with Crippen molar-refractivity contribution in [2.75, 3.05) is 6.54 Å². The number of rotatable bonds is 3. The van der Waals surface area contributed by atoms with Crippen LogP contribution >= 0.6 is 0 Å². The maximum Gasteiger partial charge on any atom is 0.241 e. The van der Waals surface area contributed by atoms with Crippen LogP contribution in [-0.2, 0) is 4.79 Å². The quantitative estimate of drug-likeness (QED) is 0.902. The lowest BCUT2D eigenvalue weighted by atomic mass is 9.97. The summed E-state index contributed by atoms with van der Waals surface area (Å²) >= 11 is 0. The fraction of sp³-hybridized carbons (Fsp3) is 0.588. The van der Waals surface area contributed by atoms with Crippen molar-refractivity contribution in [3.63, 3.8) is 0 Å². The molecule has 0 saturated carbocycles. The zero-order valence-electron chi connectivity index (χ0n) is 13.0. The van der Waals surface area contributed by atoms with E-state index in [1.807, 2.05) is 0 Å². The summed E-state index contributed by atoms with van der Waals surface area (Å²) in [5.74, 6) is -0.0369. The lowest BCUT2D eigenvalue weighted by molar-refractivity contribution is -0.137. The van der Waals surface area contributed by atoms with Gasteiger partial charge in [0.2, 0.25) is 5.91 Å². The molecule has 0 radical (unpaired) electrons. The molecule has 22 heavy (non-hydrogen) atoms. The molecule has 2 fully saturated rings. The van der Waals surface area contributed by atoms with Crippen LogP contribution in [0.15, 0.2) is 24.3 Å². The van der Waals surface area contributed by atoms with E-state index in [1.165, 1.54) is 18.6 Å². The van der Waals surface area contributed by atoms with Crippen LogP contribution in [0.5, 0.6) is 0 Å². The van der Waals surface area contributed by atoms with Crippen molar-refractivity contribution in [1.29, 1.82) is 0 Å². The Morgan fingerprint density at radius 3 is 2.77 bits per heavy atom. The molecule has 1 amide bonds. The van der Waals surface area contributed by atoms with Crippen LogP contribution in [0.25, 0.3) is 0 Å². The molecule has 2 saturated heterocycles. The monoisotopic (exact) mass is 305 g/mol. The molecule has 3 atom stereocenters. The molecule has 3 rings (SSSR count). The first-order valence-electron chi connectivity index (χ1n) is 8.26. The molecule has 2 aliphatic heterocycles. The summed E-state index contributed by atoms with van der Waals surface area (Å²) < 4.78 is 13.0. The van der Waals surface area contributed by atoms with Crippen LogP contribution < -0.4 is 10.9 Å². The van der Waals surface area contributed by atoms with Crippen LogP contribution in [0.3, 0.4) is 0 Å². The van der Waals surface area contributed by atoms with Crippen LogP contribution in [0.2, 0.25) is 0 Å². The molecule has 120 valence electrons. The lowest BCUT2D eigenvalue weighted by Crippen LogP contribution is -2.51. The van der Waals surface area contributed by atoms with Gasteiger partial charge in [-0.3, -0.25) is 4.79 Å². The van der Waals surface area contributed by atoms with Crippen LogP contribution in [0.4, 0.5) is 4.39 Å². The largest absolute Gasteiger partial charge is 0.338 e. The van der Waals surface area contributed by atoms with Crippen molar-refractivity contribution in [3.05, 3.63) is 35.6 Å². The normalized spacial score (nSPS) is 28.8. The van der Waals surface area contributed by atoms with E-state index in [4.69, 9.17) is 0 Å². The molecule has 0 aliphatic carbocycles. The molecule has 2 heterocycles. The number of nitrogens with zero attached hydrogens (tertiary/aromatic N) is 1. The number of likely N-dealkylation sites (tertiary alicyclic amines) is 1. The molecule has 2 N–H and O–H groups in total. The van der Waals surface area contributed by atoms with Gasteiger partial charge in [0.05, 0.1) is 0 Å². The number of carbonyl (C=O) groups excluding carboxylic acids is 1. The Kier molecular flexibility index (Phi) is 4.74. The first-order valence-corrected chi connectivity index (χ1v) is 8.26. The second-order valence-electron chi connectivity index (χ2n) is 6.27. The Balaban J connectivity index is 1.64. The summed E-state index contributed by atoms with van der Waals surface area (Å²) in [4.78, 5) is 14.8. The van der Waals surface area contributed by atoms with Gasteiger partial charge in [0, 0.05) is 18.6 Å². The maximum atomic E-state index is 13.0. The van der Waals surface area contributed by atoms with Gasteiger partial charge in [0.1, 0.15) is 11.9 Å². The Morgan fingerprint density at radius 1 is 1.27 bits per heavy atom. The molecule has 2 aliphatic rings. The topological polar surface area (TPSA) is 44.4 Å². The fourth-order valence-electron chi connectivity index (χ4n) is 3.55. The van der Waals surface area contributed by atoms with Gasteiger partial charge in [0.15, 0.2) is 0 Å². The van der Waals surface area contributed by atoms with E-state index in [0.717, 1.165) is 31.4 Å². The van der Waals surface area contributed by atoms with Crippen molar-refractivity contribution in [2.45, 2.75) is 57.2 Å².